The molecule has 0 radical (unpaired) electrons. The molecule has 2 aromatic carbocycles. The van der Waals surface area contributed by atoms with Crippen LogP contribution in [-0.4, -0.2) is 52.4 Å². The fraction of sp³-hybridized carbons (Fsp3) is 0.160. The summed E-state index contributed by atoms with van der Waals surface area (Å²) in [5.74, 6) is 1.25. The van der Waals surface area contributed by atoms with Gasteiger partial charge in [-0.1, -0.05) is 24.8 Å². The lowest BCUT2D eigenvalue weighted by molar-refractivity contribution is -0.111. The minimum Gasteiger partial charge on any atom is -0.491 e. The second-order valence-corrected chi connectivity index (χ2v) is 7.14. The zero-order valence-corrected chi connectivity index (χ0v) is 18.4. The number of nitrogens with zero attached hydrogens (tertiary/aromatic N) is 2. The van der Waals surface area contributed by atoms with Gasteiger partial charge >= 0.3 is 0 Å². The fourth-order valence-electron chi connectivity index (χ4n) is 3.21. The third-order valence-corrected chi connectivity index (χ3v) is 4.77. The number of carbonyl (C=O) groups is 1. The third kappa shape index (κ3) is 5.77. The maximum atomic E-state index is 11.5. The first-order valence-corrected chi connectivity index (χ1v) is 10.6. The van der Waals surface area contributed by atoms with Crippen LogP contribution in [0, 0.1) is 0 Å². The molecule has 174 valence electrons. The van der Waals surface area contributed by atoms with Gasteiger partial charge in [0.2, 0.25) is 11.8 Å². The van der Waals surface area contributed by atoms with Crippen molar-refractivity contribution in [2.45, 2.75) is 0 Å². The number of amides is 1. The maximum Gasteiger partial charge on any atom is 0.247 e. The van der Waals surface area contributed by atoms with E-state index < -0.39 is 0 Å². The van der Waals surface area contributed by atoms with Crippen molar-refractivity contribution in [2.24, 2.45) is 0 Å². The quantitative estimate of drug-likeness (QED) is 0.229. The summed E-state index contributed by atoms with van der Waals surface area (Å²) < 4.78 is 16.7. The molecule has 0 unspecified atom stereocenters. The molecule has 9 heteroatoms. The molecule has 0 bridgehead atoms. The molecule has 3 N–H and O–H groups in total. The van der Waals surface area contributed by atoms with Crippen LogP contribution in [0.2, 0.25) is 0 Å². The number of H-pyrrole nitrogens is 1. The molecule has 0 saturated carbocycles. The Morgan fingerprint density at radius 3 is 2.76 bits per heavy atom. The van der Waals surface area contributed by atoms with Gasteiger partial charge in [0, 0.05) is 23.5 Å². The molecule has 0 aliphatic heterocycles. The van der Waals surface area contributed by atoms with Crippen LogP contribution in [0.15, 0.2) is 73.6 Å². The van der Waals surface area contributed by atoms with Gasteiger partial charge in [0.1, 0.15) is 23.6 Å². The van der Waals surface area contributed by atoms with E-state index in [2.05, 4.69) is 26.8 Å². The van der Waals surface area contributed by atoms with Crippen molar-refractivity contribution in [3.05, 3.63) is 73.6 Å². The molecule has 1 amide bonds. The standard InChI is InChI=1S/C25H24N4O5/c1-2-22(31)28-18-4-3-5-20(14-18)34-23-16-27-25-24(29-23)21(15-26-25)17-6-8-19(9-7-17)33-13-12-32-11-10-30/h2-9,14-16,30H,1,10-13H2,(H,26,27)(H,28,31). The first-order valence-electron chi connectivity index (χ1n) is 10.6. The van der Waals surface area contributed by atoms with E-state index in [4.69, 9.17) is 19.3 Å². The van der Waals surface area contributed by atoms with Crippen molar-refractivity contribution < 1.29 is 24.1 Å². The average Bonchev–Trinajstić information content (AvgIpc) is 3.28. The SMILES string of the molecule is C=CC(=O)Nc1cccc(Oc2cnc3[nH]cc(-c4ccc(OCCOCCO)cc4)c3n2)c1. The molecule has 0 saturated heterocycles. The summed E-state index contributed by atoms with van der Waals surface area (Å²) in [6.07, 6.45) is 4.58. The summed E-state index contributed by atoms with van der Waals surface area (Å²) in [6, 6.07) is 14.6. The number of aromatic nitrogens is 3. The Morgan fingerprint density at radius 2 is 1.97 bits per heavy atom. The van der Waals surface area contributed by atoms with Gasteiger partial charge in [-0.05, 0) is 35.9 Å². The first kappa shape index (κ1) is 23.0. The molecule has 2 aromatic heterocycles. The summed E-state index contributed by atoms with van der Waals surface area (Å²) in [5.41, 5.74) is 3.70. The molecule has 0 atom stereocenters. The second kappa shape index (κ2) is 11.1. The number of aromatic amines is 1. The molecular weight excluding hydrogens is 436 g/mol. The Balaban J connectivity index is 1.48. The van der Waals surface area contributed by atoms with Crippen molar-refractivity contribution in [2.75, 3.05) is 31.7 Å². The van der Waals surface area contributed by atoms with Crippen LogP contribution >= 0.6 is 0 Å². The number of nitrogens with one attached hydrogen (secondary N) is 2. The normalized spacial score (nSPS) is 10.7. The van der Waals surface area contributed by atoms with Crippen LogP contribution in [0.25, 0.3) is 22.3 Å². The summed E-state index contributed by atoms with van der Waals surface area (Å²) in [7, 11) is 0. The number of hydrogen-bond donors (Lipinski definition) is 3. The van der Waals surface area contributed by atoms with Gasteiger partial charge < -0.3 is 29.6 Å². The number of aliphatic hydroxyl groups is 1. The Morgan fingerprint density at radius 1 is 1.12 bits per heavy atom. The lowest BCUT2D eigenvalue weighted by Crippen LogP contribution is -2.08. The van der Waals surface area contributed by atoms with Crippen molar-refractivity contribution in [1.82, 2.24) is 15.0 Å². The van der Waals surface area contributed by atoms with Gasteiger partial charge in [-0.3, -0.25) is 4.79 Å². The van der Waals surface area contributed by atoms with Gasteiger partial charge in [0.15, 0.2) is 5.65 Å². The Hall–Kier alpha value is -4.21. The molecule has 2 heterocycles. The number of fused-ring (bicyclic) bond motifs is 1. The van der Waals surface area contributed by atoms with E-state index >= 15 is 0 Å². The van der Waals surface area contributed by atoms with Crippen LogP contribution in [0.3, 0.4) is 0 Å². The first-order chi connectivity index (χ1) is 16.7. The van der Waals surface area contributed by atoms with Crippen molar-refractivity contribution in [3.8, 4) is 28.5 Å². The van der Waals surface area contributed by atoms with Gasteiger partial charge in [0.05, 0.1) is 26.0 Å². The van der Waals surface area contributed by atoms with Crippen LogP contribution in [-0.2, 0) is 9.53 Å². The number of benzene rings is 2. The number of anilines is 1. The van der Waals surface area contributed by atoms with Gasteiger partial charge in [-0.25, -0.2) is 9.97 Å². The number of rotatable bonds is 11. The van der Waals surface area contributed by atoms with E-state index in [1.54, 1.807) is 24.3 Å². The van der Waals surface area contributed by atoms with Gasteiger partial charge in [-0.15, -0.1) is 0 Å². The zero-order chi connectivity index (χ0) is 23.8. The minimum atomic E-state index is -0.304. The largest absolute Gasteiger partial charge is 0.491 e. The zero-order valence-electron chi connectivity index (χ0n) is 18.4. The van der Waals surface area contributed by atoms with E-state index in [-0.39, 0.29) is 12.5 Å². The highest BCUT2D eigenvalue weighted by Crippen LogP contribution is 2.30. The molecule has 4 aromatic rings. The van der Waals surface area contributed by atoms with Gasteiger partial charge in [0.25, 0.3) is 0 Å². The molecule has 9 nitrogen and oxygen atoms in total. The smallest absolute Gasteiger partial charge is 0.247 e. The predicted octanol–water partition coefficient (Wildman–Crippen LogP) is 3.93. The van der Waals surface area contributed by atoms with Crippen molar-refractivity contribution in [3.63, 3.8) is 0 Å². The van der Waals surface area contributed by atoms with Crippen LogP contribution in [0.5, 0.6) is 17.4 Å². The summed E-state index contributed by atoms with van der Waals surface area (Å²) in [6.45, 7) is 4.55. The van der Waals surface area contributed by atoms with Crippen LogP contribution in [0.1, 0.15) is 0 Å². The number of carbonyl (C=O) groups excluding carboxylic acids is 1. The average molecular weight is 460 g/mol. The van der Waals surface area contributed by atoms with Crippen molar-refractivity contribution in [1.29, 1.82) is 0 Å². The molecule has 4 rings (SSSR count). The molecule has 0 aliphatic rings. The highest BCUT2D eigenvalue weighted by molar-refractivity contribution is 5.99. The summed E-state index contributed by atoms with van der Waals surface area (Å²) in [5, 5.41) is 11.4. The Kier molecular flexibility index (Phi) is 7.49. The topological polar surface area (TPSA) is 119 Å². The Bertz CT molecular complexity index is 1270. The molecule has 0 spiro atoms. The minimum absolute atomic E-state index is 0.00466. The summed E-state index contributed by atoms with van der Waals surface area (Å²) in [4.78, 5) is 23.7. The Labute approximate surface area is 196 Å². The van der Waals surface area contributed by atoms with Crippen LogP contribution < -0.4 is 14.8 Å². The molecule has 0 aliphatic carbocycles. The predicted molar refractivity (Wildman–Crippen MR) is 128 cm³/mol. The van der Waals surface area contributed by atoms with Crippen molar-refractivity contribution >= 4 is 22.8 Å². The number of ether oxygens (including phenoxy) is 3. The monoisotopic (exact) mass is 460 g/mol. The number of aliphatic hydroxyl groups excluding tert-OH is 1. The molecule has 0 fully saturated rings. The van der Waals surface area contributed by atoms with E-state index in [0.29, 0.717) is 48.3 Å². The van der Waals surface area contributed by atoms with E-state index in [0.717, 1.165) is 16.9 Å². The third-order valence-electron chi connectivity index (χ3n) is 4.77. The highest BCUT2D eigenvalue weighted by atomic mass is 16.5. The van der Waals surface area contributed by atoms with E-state index in [1.165, 1.54) is 12.3 Å². The summed E-state index contributed by atoms with van der Waals surface area (Å²) >= 11 is 0. The highest BCUT2D eigenvalue weighted by Gasteiger charge is 2.11. The molecule has 34 heavy (non-hydrogen) atoms. The lowest BCUT2D eigenvalue weighted by atomic mass is 10.1. The second-order valence-electron chi connectivity index (χ2n) is 7.14. The fourth-order valence-corrected chi connectivity index (χ4v) is 3.21. The lowest BCUT2D eigenvalue weighted by Gasteiger charge is -2.08. The van der Waals surface area contributed by atoms with E-state index in [1.807, 2.05) is 30.5 Å². The molecular formula is C25H24N4O5. The maximum absolute atomic E-state index is 11.5. The van der Waals surface area contributed by atoms with Gasteiger partial charge in [-0.2, -0.15) is 0 Å². The van der Waals surface area contributed by atoms with Crippen LogP contribution in [0.4, 0.5) is 5.69 Å². The van der Waals surface area contributed by atoms with E-state index in [9.17, 15) is 4.79 Å². The number of hydrogen-bond acceptors (Lipinski definition) is 7.